The van der Waals surface area contributed by atoms with E-state index in [4.69, 9.17) is 4.74 Å². The maximum Gasteiger partial charge on any atom is 0.0494 e. The summed E-state index contributed by atoms with van der Waals surface area (Å²) in [4.78, 5) is 0. The first-order valence-corrected chi connectivity index (χ1v) is 6.57. The largest absolute Gasteiger partial charge is 0.381 e. The van der Waals surface area contributed by atoms with Gasteiger partial charge in [-0.25, -0.2) is 0 Å². The quantitative estimate of drug-likeness (QED) is 0.683. The summed E-state index contributed by atoms with van der Waals surface area (Å²) >= 11 is 0. The third-order valence-corrected chi connectivity index (χ3v) is 3.43. The maximum absolute atomic E-state index is 5.50. The van der Waals surface area contributed by atoms with E-state index in [2.05, 4.69) is 30.3 Å². The highest BCUT2D eigenvalue weighted by Gasteiger charge is 2.12. The zero-order valence-corrected chi connectivity index (χ0v) is 10.0. The van der Waals surface area contributed by atoms with Crippen LogP contribution in [0.5, 0.6) is 0 Å². The molecule has 0 aromatic heterocycles. The zero-order chi connectivity index (χ0) is 11.1. The first kappa shape index (κ1) is 11.7. The van der Waals surface area contributed by atoms with Crippen LogP contribution in [0, 0.1) is 5.92 Å². The van der Waals surface area contributed by atoms with Gasteiger partial charge in [0, 0.05) is 13.2 Å². The van der Waals surface area contributed by atoms with Crippen molar-refractivity contribution in [3.63, 3.8) is 0 Å². The van der Waals surface area contributed by atoms with E-state index in [1.165, 1.54) is 44.1 Å². The normalized spacial score (nSPS) is 20.9. The van der Waals surface area contributed by atoms with Gasteiger partial charge in [-0.2, -0.15) is 0 Å². The highest BCUT2D eigenvalue weighted by atomic mass is 16.5. The van der Waals surface area contributed by atoms with Crippen molar-refractivity contribution in [3.05, 3.63) is 35.9 Å². The number of unbranched alkanes of at least 4 members (excludes halogenated alkanes) is 1. The van der Waals surface area contributed by atoms with Crippen molar-refractivity contribution >= 4 is 0 Å². The van der Waals surface area contributed by atoms with Crippen molar-refractivity contribution in [1.29, 1.82) is 0 Å². The average molecular weight is 218 g/mol. The molecule has 0 bridgehead atoms. The van der Waals surface area contributed by atoms with E-state index in [-0.39, 0.29) is 0 Å². The fraction of sp³-hybridized carbons (Fsp3) is 0.600. The van der Waals surface area contributed by atoms with Crippen LogP contribution in [-0.2, 0) is 11.2 Å². The number of hydrogen-bond acceptors (Lipinski definition) is 1. The summed E-state index contributed by atoms with van der Waals surface area (Å²) in [5.41, 5.74) is 1.47. The third kappa shape index (κ3) is 3.97. The molecule has 1 heterocycles. The molecule has 1 aromatic rings. The molecule has 0 spiro atoms. The molecule has 1 fully saturated rings. The third-order valence-electron chi connectivity index (χ3n) is 3.43. The van der Waals surface area contributed by atoms with E-state index in [0.29, 0.717) is 0 Å². The van der Waals surface area contributed by atoms with Crippen molar-refractivity contribution < 1.29 is 4.74 Å². The molecule has 0 radical (unpaired) electrons. The Morgan fingerprint density at radius 3 is 2.75 bits per heavy atom. The van der Waals surface area contributed by atoms with E-state index in [0.717, 1.165) is 19.1 Å². The number of benzene rings is 1. The number of aryl methyl sites for hydroxylation is 1. The summed E-state index contributed by atoms with van der Waals surface area (Å²) < 4.78 is 5.50. The molecule has 1 unspecified atom stereocenters. The van der Waals surface area contributed by atoms with E-state index in [1.807, 2.05) is 0 Å². The van der Waals surface area contributed by atoms with E-state index in [1.54, 1.807) is 0 Å². The molecule has 0 amide bonds. The maximum atomic E-state index is 5.50. The minimum absolute atomic E-state index is 0.838. The Labute approximate surface area is 98.8 Å². The molecule has 0 aliphatic carbocycles. The summed E-state index contributed by atoms with van der Waals surface area (Å²) in [7, 11) is 0. The first-order chi connectivity index (χ1) is 7.95. The van der Waals surface area contributed by atoms with Gasteiger partial charge in [0.05, 0.1) is 0 Å². The highest BCUT2D eigenvalue weighted by Crippen LogP contribution is 2.20. The smallest absolute Gasteiger partial charge is 0.0494 e. The van der Waals surface area contributed by atoms with E-state index < -0.39 is 0 Å². The van der Waals surface area contributed by atoms with Gasteiger partial charge in [0.2, 0.25) is 0 Å². The molecular weight excluding hydrogens is 196 g/mol. The lowest BCUT2D eigenvalue weighted by Crippen LogP contribution is -2.16. The van der Waals surface area contributed by atoms with Crippen molar-refractivity contribution in [2.24, 2.45) is 5.92 Å². The van der Waals surface area contributed by atoms with Gasteiger partial charge in [-0.15, -0.1) is 0 Å². The molecule has 2 rings (SSSR count). The lowest BCUT2D eigenvalue weighted by molar-refractivity contribution is 0.0508. The lowest BCUT2D eigenvalue weighted by Gasteiger charge is -2.21. The van der Waals surface area contributed by atoms with Crippen LogP contribution in [0.2, 0.25) is 0 Å². The van der Waals surface area contributed by atoms with Crippen LogP contribution in [0.1, 0.15) is 37.7 Å². The summed E-state index contributed by atoms with van der Waals surface area (Å²) in [6.07, 6.45) is 7.90. The lowest BCUT2D eigenvalue weighted by atomic mass is 9.95. The first-order valence-electron chi connectivity index (χ1n) is 6.57. The summed E-state index contributed by atoms with van der Waals surface area (Å²) in [5.74, 6) is 0.838. The fourth-order valence-corrected chi connectivity index (χ4v) is 2.44. The summed E-state index contributed by atoms with van der Waals surface area (Å²) in [6.45, 7) is 1.99. The number of ether oxygens (including phenoxy) is 1. The standard InChI is InChI=1S/C15H22O/c1-2-7-14(8-3-1)9-4-5-10-15-11-6-12-16-13-15/h1-3,7-8,15H,4-6,9-13H2. The van der Waals surface area contributed by atoms with Gasteiger partial charge < -0.3 is 4.74 Å². The van der Waals surface area contributed by atoms with Crippen molar-refractivity contribution in [3.8, 4) is 0 Å². The monoisotopic (exact) mass is 218 g/mol. The van der Waals surface area contributed by atoms with Crippen LogP contribution in [-0.4, -0.2) is 13.2 Å². The molecule has 1 saturated heterocycles. The van der Waals surface area contributed by atoms with E-state index in [9.17, 15) is 0 Å². The SMILES string of the molecule is c1ccc(CCCCC2CCCOC2)cc1. The molecule has 0 saturated carbocycles. The summed E-state index contributed by atoms with van der Waals surface area (Å²) in [6, 6.07) is 10.8. The zero-order valence-electron chi connectivity index (χ0n) is 10.0. The van der Waals surface area contributed by atoms with Gasteiger partial charge in [-0.3, -0.25) is 0 Å². The minimum atomic E-state index is 0.838. The molecule has 1 aromatic carbocycles. The van der Waals surface area contributed by atoms with Crippen LogP contribution < -0.4 is 0 Å². The van der Waals surface area contributed by atoms with Gasteiger partial charge in [0.15, 0.2) is 0 Å². The van der Waals surface area contributed by atoms with Gasteiger partial charge >= 0.3 is 0 Å². The minimum Gasteiger partial charge on any atom is -0.381 e. The topological polar surface area (TPSA) is 9.23 Å². The number of rotatable bonds is 5. The van der Waals surface area contributed by atoms with Crippen LogP contribution in [0.4, 0.5) is 0 Å². The van der Waals surface area contributed by atoms with Gasteiger partial charge in [0.1, 0.15) is 0 Å². The Morgan fingerprint density at radius 1 is 1.12 bits per heavy atom. The Bertz CT molecular complexity index is 275. The Morgan fingerprint density at radius 2 is 2.00 bits per heavy atom. The molecule has 1 nitrogen and oxygen atoms in total. The van der Waals surface area contributed by atoms with Crippen LogP contribution in [0.3, 0.4) is 0 Å². The Kier molecular flexibility index (Phi) is 4.88. The molecule has 88 valence electrons. The van der Waals surface area contributed by atoms with E-state index >= 15 is 0 Å². The van der Waals surface area contributed by atoms with Crippen molar-refractivity contribution in [2.45, 2.75) is 38.5 Å². The summed E-state index contributed by atoms with van der Waals surface area (Å²) in [5, 5.41) is 0. The van der Waals surface area contributed by atoms with Crippen molar-refractivity contribution in [1.82, 2.24) is 0 Å². The molecule has 1 aliphatic heterocycles. The van der Waals surface area contributed by atoms with Gasteiger partial charge in [0.25, 0.3) is 0 Å². The molecule has 1 heteroatoms. The van der Waals surface area contributed by atoms with Crippen molar-refractivity contribution in [2.75, 3.05) is 13.2 Å². The predicted molar refractivity (Wildman–Crippen MR) is 67.5 cm³/mol. The fourth-order valence-electron chi connectivity index (χ4n) is 2.44. The van der Waals surface area contributed by atoms with Crippen LogP contribution >= 0.6 is 0 Å². The highest BCUT2D eigenvalue weighted by molar-refractivity contribution is 5.14. The predicted octanol–water partition coefficient (Wildman–Crippen LogP) is 3.83. The molecule has 1 aliphatic rings. The van der Waals surface area contributed by atoms with Gasteiger partial charge in [-0.1, -0.05) is 36.8 Å². The number of hydrogen-bond donors (Lipinski definition) is 0. The molecule has 16 heavy (non-hydrogen) atoms. The molecular formula is C15H22O. The van der Waals surface area contributed by atoms with Crippen LogP contribution in [0.25, 0.3) is 0 Å². The molecule has 0 N–H and O–H groups in total. The Hall–Kier alpha value is -0.820. The second-order valence-corrected chi connectivity index (χ2v) is 4.81. The average Bonchev–Trinajstić information content (AvgIpc) is 2.37. The Balaban J connectivity index is 1.58. The van der Waals surface area contributed by atoms with Gasteiger partial charge in [-0.05, 0) is 43.6 Å². The van der Waals surface area contributed by atoms with Crippen LogP contribution in [0.15, 0.2) is 30.3 Å². The molecule has 1 atom stereocenters. The second kappa shape index (κ2) is 6.70. The second-order valence-electron chi connectivity index (χ2n) is 4.81.